The molecule has 6 nitrogen and oxygen atoms in total. The summed E-state index contributed by atoms with van der Waals surface area (Å²) in [4.78, 5) is 23.0. The van der Waals surface area contributed by atoms with Crippen LogP contribution in [0.2, 0.25) is 0 Å². The Balaban J connectivity index is 2.45. The molecule has 0 radical (unpaired) electrons. The summed E-state index contributed by atoms with van der Waals surface area (Å²) in [6.07, 6.45) is 3.38. The molecule has 0 aliphatic heterocycles. The van der Waals surface area contributed by atoms with E-state index in [9.17, 15) is 14.7 Å². The van der Waals surface area contributed by atoms with Crippen molar-refractivity contribution >= 4 is 12.0 Å². The molecule has 1 unspecified atom stereocenters. The molecule has 0 spiro atoms. The molecule has 2 amide bonds. The number of carboxylic acid groups (broad SMARTS) is 1. The largest absolute Gasteiger partial charge is 0.480 e. The number of carbonyl (C=O) groups is 2. The summed E-state index contributed by atoms with van der Waals surface area (Å²) in [5.74, 6) is -0.945. The highest BCUT2D eigenvalue weighted by molar-refractivity contribution is 5.86. The summed E-state index contributed by atoms with van der Waals surface area (Å²) < 4.78 is 4.92. The second kappa shape index (κ2) is 6.58. The fraction of sp³-hybridized carbons (Fsp3) is 0.833. The SMILES string of the molecule is COCCC(C)NC(=O)NC1(C(=O)O)CCCC1. The Morgan fingerprint density at radius 1 is 1.39 bits per heavy atom. The van der Waals surface area contributed by atoms with Gasteiger partial charge in [-0.25, -0.2) is 9.59 Å². The zero-order valence-electron chi connectivity index (χ0n) is 11.0. The van der Waals surface area contributed by atoms with Crippen molar-refractivity contribution in [3.8, 4) is 0 Å². The van der Waals surface area contributed by atoms with Crippen LogP contribution < -0.4 is 10.6 Å². The van der Waals surface area contributed by atoms with Gasteiger partial charge < -0.3 is 20.5 Å². The van der Waals surface area contributed by atoms with Crippen molar-refractivity contribution in [3.63, 3.8) is 0 Å². The second-order valence-electron chi connectivity index (χ2n) is 4.88. The quantitative estimate of drug-likeness (QED) is 0.666. The monoisotopic (exact) mass is 258 g/mol. The van der Waals surface area contributed by atoms with Crippen LogP contribution in [0.1, 0.15) is 39.0 Å². The van der Waals surface area contributed by atoms with Gasteiger partial charge in [-0.1, -0.05) is 12.8 Å². The maximum atomic E-state index is 11.8. The van der Waals surface area contributed by atoms with Crippen molar-refractivity contribution < 1.29 is 19.4 Å². The summed E-state index contributed by atoms with van der Waals surface area (Å²) >= 11 is 0. The number of urea groups is 1. The lowest BCUT2D eigenvalue weighted by atomic mass is 9.98. The molecule has 0 saturated heterocycles. The lowest BCUT2D eigenvalue weighted by Crippen LogP contribution is -2.56. The first-order valence-corrected chi connectivity index (χ1v) is 6.31. The Kier molecular flexibility index (Phi) is 5.40. The summed E-state index contributed by atoms with van der Waals surface area (Å²) in [7, 11) is 1.60. The summed E-state index contributed by atoms with van der Waals surface area (Å²) in [6, 6.07) is -0.458. The number of hydrogen-bond donors (Lipinski definition) is 3. The fourth-order valence-corrected chi connectivity index (χ4v) is 2.21. The van der Waals surface area contributed by atoms with Gasteiger partial charge in [0.05, 0.1) is 0 Å². The van der Waals surface area contributed by atoms with E-state index in [0.29, 0.717) is 25.9 Å². The molecule has 104 valence electrons. The van der Waals surface area contributed by atoms with Gasteiger partial charge in [0.2, 0.25) is 0 Å². The number of ether oxygens (including phenoxy) is 1. The van der Waals surface area contributed by atoms with E-state index in [1.807, 2.05) is 6.92 Å². The molecular weight excluding hydrogens is 236 g/mol. The third-order valence-electron chi connectivity index (χ3n) is 3.35. The Morgan fingerprint density at radius 3 is 2.50 bits per heavy atom. The van der Waals surface area contributed by atoms with Crippen molar-refractivity contribution in [3.05, 3.63) is 0 Å². The van der Waals surface area contributed by atoms with Gasteiger partial charge in [0.1, 0.15) is 5.54 Å². The van der Waals surface area contributed by atoms with E-state index < -0.39 is 17.5 Å². The van der Waals surface area contributed by atoms with Gasteiger partial charge in [-0.15, -0.1) is 0 Å². The van der Waals surface area contributed by atoms with E-state index in [2.05, 4.69) is 10.6 Å². The Bertz CT molecular complexity index is 300. The van der Waals surface area contributed by atoms with Gasteiger partial charge in [0, 0.05) is 19.8 Å². The number of carboxylic acids is 1. The molecule has 1 aliphatic carbocycles. The van der Waals surface area contributed by atoms with Gasteiger partial charge in [-0.2, -0.15) is 0 Å². The van der Waals surface area contributed by atoms with Crippen molar-refractivity contribution in [1.29, 1.82) is 0 Å². The minimum absolute atomic E-state index is 0.0443. The van der Waals surface area contributed by atoms with Crippen molar-refractivity contribution in [1.82, 2.24) is 10.6 Å². The minimum atomic E-state index is -1.08. The van der Waals surface area contributed by atoms with Crippen LogP contribution in [0.5, 0.6) is 0 Å². The molecule has 0 aromatic rings. The smallest absolute Gasteiger partial charge is 0.329 e. The van der Waals surface area contributed by atoms with Crippen LogP contribution in [0, 0.1) is 0 Å². The van der Waals surface area contributed by atoms with Gasteiger partial charge in [0.25, 0.3) is 0 Å². The molecule has 6 heteroatoms. The molecule has 0 aromatic carbocycles. The van der Waals surface area contributed by atoms with Crippen molar-refractivity contribution in [2.24, 2.45) is 0 Å². The van der Waals surface area contributed by atoms with Crippen LogP contribution in [-0.4, -0.2) is 42.4 Å². The standard InChI is InChI=1S/C12H22N2O4/c1-9(5-8-18-2)13-11(17)14-12(10(15)16)6-3-4-7-12/h9H,3-8H2,1-2H3,(H,15,16)(H2,13,14,17). The average molecular weight is 258 g/mol. The van der Waals surface area contributed by atoms with E-state index in [1.54, 1.807) is 7.11 Å². The normalized spacial score (nSPS) is 19.2. The number of carbonyl (C=O) groups excluding carboxylic acids is 1. The lowest BCUT2D eigenvalue weighted by molar-refractivity contribution is -0.144. The highest BCUT2D eigenvalue weighted by atomic mass is 16.5. The molecule has 3 N–H and O–H groups in total. The predicted molar refractivity (Wildman–Crippen MR) is 66.5 cm³/mol. The fourth-order valence-electron chi connectivity index (χ4n) is 2.21. The molecule has 1 rings (SSSR count). The minimum Gasteiger partial charge on any atom is -0.480 e. The zero-order chi connectivity index (χ0) is 13.6. The van der Waals surface area contributed by atoms with Crippen LogP contribution in [0.4, 0.5) is 4.79 Å². The predicted octanol–water partition coefficient (Wildman–Crippen LogP) is 1.11. The van der Waals surface area contributed by atoms with Crippen LogP contribution in [-0.2, 0) is 9.53 Å². The Morgan fingerprint density at radius 2 is 2.00 bits per heavy atom. The topological polar surface area (TPSA) is 87.7 Å². The Labute approximate surface area is 107 Å². The third kappa shape index (κ3) is 3.87. The summed E-state index contributed by atoms with van der Waals surface area (Å²) in [6.45, 7) is 2.42. The Hall–Kier alpha value is -1.30. The summed E-state index contributed by atoms with van der Waals surface area (Å²) in [5, 5.41) is 14.6. The van der Waals surface area contributed by atoms with Crippen LogP contribution in [0.3, 0.4) is 0 Å². The third-order valence-corrected chi connectivity index (χ3v) is 3.35. The summed E-state index contributed by atoms with van der Waals surface area (Å²) in [5.41, 5.74) is -1.08. The number of rotatable bonds is 6. The van der Waals surface area contributed by atoms with Gasteiger partial charge in [-0.3, -0.25) is 0 Å². The number of amides is 2. The van der Waals surface area contributed by atoms with E-state index in [4.69, 9.17) is 4.74 Å². The lowest BCUT2D eigenvalue weighted by Gasteiger charge is -2.26. The maximum Gasteiger partial charge on any atom is 0.329 e. The van der Waals surface area contributed by atoms with E-state index in [-0.39, 0.29) is 6.04 Å². The molecule has 18 heavy (non-hydrogen) atoms. The molecule has 0 aromatic heterocycles. The maximum absolute atomic E-state index is 11.8. The molecule has 1 atom stereocenters. The zero-order valence-corrected chi connectivity index (χ0v) is 11.0. The number of methoxy groups -OCH3 is 1. The first-order valence-electron chi connectivity index (χ1n) is 6.31. The van der Waals surface area contributed by atoms with E-state index >= 15 is 0 Å². The first kappa shape index (κ1) is 14.8. The highest BCUT2D eigenvalue weighted by Crippen LogP contribution is 2.29. The van der Waals surface area contributed by atoms with Gasteiger partial charge in [-0.05, 0) is 26.2 Å². The molecule has 1 saturated carbocycles. The van der Waals surface area contributed by atoms with Crippen molar-refractivity contribution in [2.45, 2.75) is 50.6 Å². The number of nitrogens with one attached hydrogen (secondary N) is 2. The number of aliphatic carboxylic acids is 1. The molecule has 1 aliphatic rings. The number of hydrogen-bond acceptors (Lipinski definition) is 3. The first-order chi connectivity index (χ1) is 8.50. The van der Waals surface area contributed by atoms with Gasteiger partial charge >= 0.3 is 12.0 Å². The van der Waals surface area contributed by atoms with Gasteiger partial charge in [0.15, 0.2) is 0 Å². The average Bonchev–Trinajstić information content (AvgIpc) is 2.75. The van der Waals surface area contributed by atoms with Crippen LogP contribution >= 0.6 is 0 Å². The molecule has 1 fully saturated rings. The van der Waals surface area contributed by atoms with Crippen LogP contribution in [0.25, 0.3) is 0 Å². The van der Waals surface area contributed by atoms with E-state index in [0.717, 1.165) is 12.8 Å². The molecular formula is C12H22N2O4. The molecule has 0 heterocycles. The second-order valence-corrected chi connectivity index (χ2v) is 4.88. The van der Waals surface area contributed by atoms with E-state index in [1.165, 1.54) is 0 Å². The van der Waals surface area contributed by atoms with Crippen molar-refractivity contribution in [2.75, 3.05) is 13.7 Å². The highest BCUT2D eigenvalue weighted by Gasteiger charge is 2.42. The van der Waals surface area contributed by atoms with Crippen LogP contribution in [0.15, 0.2) is 0 Å². The molecule has 0 bridgehead atoms.